The zero-order valence-corrected chi connectivity index (χ0v) is 7.77. The lowest BCUT2D eigenvalue weighted by molar-refractivity contribution is -0.137. The molecule has 1 N–H and O–H groups in total. The largest absolute Gasteiger partial charge is 0.416 e. The summed E-state index contributed by atoms with van der Waals surface area (Å²) in [4.78, 5) is 0. The molecule has 0 amide bonds. The molecule has 0 atom stereocenters. The number of halogens is 5. The maximum Gasteiger partial charge on any atom is 0.416 e. The lowest BCUT2D eigenvalue weighted by atomic mass is 10.1. The van der Waals surface area contributed by atoms with Crippen molar-refractivity contribution in [2.24, 2.45) is 5.16 Å². The van der Waals surface area contributed by atoms with E-state index in [4.69, 9.17) is 16.8 Å². The number of hydrogen-bond donors (Lipinski definition) is 1. The van der Waals surface area contributed by atoms with Gasteiger partial charge >= 0.3 is 6.18 Å². The Bertz CT molecular complexity index is 402. The highest BCUT2D eigenvalue weighted by molar-refractivity contribution is 6.69. The van der Waals surface area contributed by atoms with E-state index in [1.54, 1.807) is 0 Å². The molecule has 0 bridgehead atoms. The molecule has 1 rings (SSSR count). The maximum atomic E-state index is 12.8. The number of oxime groups is 1. The Hall–Kier alpha value is -1.30. The third-order valence-electron chi connectivity index (χ3n) is 1.55. The lowest BCUT2D eigenvalue weighted by Gasteiger charge is -2.07. The Morgan fingerprint density at radius 2 is 1.87 bits per heavy atom. The standard InChI is InChI=1S/C8H4ClF4NO/c9-7(14-15)4-1-5(8(11,12)13)3-6(10)2-4/h1-3,15H/b14-7+. The molecule has 7 heteroatoms. The Kier molecular flexibility index (Phi) is 3.18. The third-order valence-corrected chi connectivity index (χ3v) is 1.84. The zero-order chi connectivity index (χ0) is 11.6. The van der Waals surface area contributed by atoms with Crippen LogP contribution in [0.4, 0.5) is 17.6 Å². The summed E-state index contributed by atoms with van der Waals surface area (Å²) in [5.74, 6) is -1.11. The van der Waals surface area contributed by atoms with Crippen molar-refractivity contribution in [3.05, 3.63) is 35.1 Å². The Morgan fingerprint density at radius 3 is 2.33 bits per heavy atom. The maximum absolute atomic E-state index is 12.8. The van der Waals surface area contributed by atoms with Crippen LogP contribution in [0.15, 0.2) is 23.4 Å². The normalized spacial score (nSPS) is 13.0. The van der Waals surface area contributed by atoms with Gasteiger partial charge in [0.15, 0.2) is 5.17 Å². The molecule has 0 unspecified atom stereocenters. The van der Waals surface area contributed by atoms with Gasteiger partial charge in [0, 0.05) is 5.56 Å². The van der Waals surface area contributed by atoms with Gasteiger partial charge in [0.25, 0.3) is 0 Å². The highest BCUT2D eigenvalue weighted by Gasteiger charge is 2.31. The van der Waals surface area contributed by atoms with Crippen LogP contribution < -0.4 is 0 Å². The van der Waals surface area contributed by atoms with E-state index < -0.39 is 22.7 Å². The van der Waals surface area contributed by atoms with Crippen molar-refractivity contribution in [1.29, 1.82) is 0 Å². The summed E-state index contributed by atoms with van der Waals surface area (Å²) in [5, 5.41) is 10.1. The van der Waals surface area contributed by atoms with Gasteiger partial charge in [0.1, 0.15) is 5.82 Å². The van der Waals surface area contributed by atoms with Crippen molar-refractivity contribution < 1.29 is 22.8 Å². The molecule has 2 nitrogen and oxygen atoms in total. The summed E-state index contributed by atoms with van der Waals surface area (Å²) < 4.78 is 49.4. The van der Waals surface area contributed by atoms with Crippen LogP contribution in [0, 0.1) is 5.82 Å². The molecular formula is C8H4ClF4NO. The van der Waals surface area contributed by atoms with Gasteiger partial charge in [-0.2, -0.15) is 13.2 Å². The summed E-state index contributed by atoms with van der Waals surface area (Å²) >= 11 is 5.25. The second-order valence-electron chi connectivity index (χ2n) is 2.62. The topological polar surface area (TPSA) is 32.6 Å². The van der Waals surface area contributed by atoms with Crippen molar-refractivity contribution in [3.8, 4) is 0 Å². The van der Waals surface area contributed by atoms with Crippen LogP contribution in [0.1, 0.15) is 11.1 Å². The fraction of sp³-hybridized carbons (Fsp3) is 0.125. The second-order valence-corrected chi connectivity index (χ2v) is 2.98. The SMILES string of the molecule is O/N=C(/Cl)c1cc(F)cc(C(F)(F)F)c1. The molecule has 0 radical (unpaired) electrons. The monoisotopic (exact) mass is 241 g/mol. The number of hydrogen-bond acceptors (Lipinski definition) is 2. The van der Waals surface area contributed by atoms with Gasteiger partial charge in [-0.3, -0.25) is 0 Å². The highest BCUT2D eigenvalue weighted by atomic mass is 35.5. The van der Waals surface area contributed by atoms with E-state index in [9.17, 15) is 17.6 Å². The number of benzene rings is 1. The predicted molar refractivity (Wildman–Crippen MR) is 45.6 cm³/mol. The molecule has 0 aliphatic carbocycles. The molecule has 15 heavy (non-hydrogen) atoms. The fourth-order valence-corrected chi connectivity index (χ4v) is 1.04. The molecular weight excluding hydrogens is 238 g/mol. The molecule has 1 aromatic carbocycles. The van der Waals surface area contributed by atoms with E-state index in [1.807, 2.05) is 0 Å². The van der Waals surface area contributed by atoms with Crippen LogP contribution in [0.3, 0.4) is 0 Å². The smallest absolute Gasteiger partial charge is 0.410 e. The molecule has 0 aliphatic heterocycles. The number of rotatable bonds is 1. The van der Waals surface area contributed by atoms with Gasteiger partial charge in [-0.15, -0.1) is 0 Å². The Labute approximate surface area is 86.8 Å². The number of alkyl halides is 3. The molecule has 0 spiro atoms. The predicted octanol–water partition coefficient (Wildman–Crippen LogP) is 3.22. The minimum Gasteiger partial charge on any atom is -0.410 e. The molecule has 1 aromatic rings. The molecule has 0 saturated heterocycles. The molecule has 0 saturated carbocycles. The minimum absolute atomic E-state index is 0.324. The van der Waals surface area contributed by atoms with Crippen molar-refractivity contribution in [3.63, 3.8) is 0 Å². The van der Waals surface area contributed by atoms with Gasteiger partial charge in [0.05, 0.1) is 5.56 Å². The van der Waals surface area contributed by atoms with E-state index in [0.717, 1.165) is 6.07 Å². The molecule has 0 fully saturated rings. The van der Waals surface area contributed by atoms with Gasteiger partial charge < -0.3 is 5.21 Å². The highest BCUT2D eigenvalue weighted by Crippen LogP contribution is 2.30. The summed E-state index contributed by atoms with van der Waals surface area (Å²) in [6.07, 6.45) is -4.68. The summed E-state index contributed by atoms with van der Waals surface area (Å²) in [6.45, 7) is 0. The molecule has 0 heterocycles. The van der Waals surface area contributed by atoms with E-state index >= 15 is 0 Å². The van der Waals surface area contributed by atoms with Gasteiger partial charge in [-0.05, 0) is 18.2 Å². The Morgan fingerprint density at radius 1 is 1.27 bits per heavy atom. The average molecular weight is 242 g/mol. The minimum atomic E-state index is -4.68. The molecule has 0 aromatic heterocycles. The van der Waals surface area contributed by atoms with E-state index in [-0.39, 0.29) is 5.56 Å². The van der Waals surface area contributed by atoms with Crippen molar-refractivity contribution in [1.82, 2.24) is 0 Å². The van der Waals surface area contributed by atoms with Crippen LogP contribution in [0.5, 0.6) is 0 Å². The first-order valence-electron chi connectivity index (χ1n) is 3.60. The Balaban J connectivity index is 3.29. The van der Waals surface area contributed by atoms with E-state index in [2.05, 4.69) is 5.16 Å². The first-order valence-corrected chi connectivity index (χ1v) is 3.98. The first-order chi connectivity index (χ1) is 6.84. The van der Waals surface area contributed by atoms with Gasteiger partial charge in [0.2, 0.25) is 0 Å². The fourth-order valence-electron chi connectivity index (χ4n) is 0.930. The van der Waals surface area contributed by atoms with Crippen molar-refractivity contribution in [2.75, 3.05) is 0 Å². The van der Waals surface area contributed by atoms with Crippen LogP contribution in [-0.4, -0.2) is 10.4 Å². The first kappa shape index (κ1) is 11.8. The quantitative estimate of drug-likeness (QED) is 0.348. The molecule has 82 valence electrons. The molecule has 0 aliphatic rings. The van der Waals surface area contributed by atoms with E-state index in [0.29, 0.717) is 12.1 Å². The van der Waals surface area contributed by atoms with E-state index in [1.165, 1.54) is 0 Å². The van der Waals surface area contributed by atoms with Crippen LogP contribution in [0.25, 0.3) is 0 Å². The van der Waals surface area contributed by atoms with Crippen molar-refractivity contribution >= 4 is 16.8 Å². The summed E-state index contributed by atoms with van der Waals surface area (Å²) in [5.41, 5.74) is -1.54. The van der Waals surface area contributed by atoms with Gasteiger partial charge in [-0.25, -0.2) is 4.39 Å². The van der Waals surface area contributed by atoms with Gasteiger partial charge in [-0.1, -0.05) is 16.8 Å². The van der Waals surface area contributed by atoms with Crippen LogP contribution >= 0.6 is 11.6 Å². The average Bonchev–Trinajstić information content (AvgIpc) is 2.14. The summed E-state index contributed by atoms with van der Waals surface area (Å²) in [7, 11) is 0. The third kappa shape index (κ3) is 2.82. The number of nitrogens with zero attached hydrogens (tertiary/aromatic N) is 1. The van der Waals surface area contributed by atoms with Crippen LogP contribution in [0.2, 0.25) is 0 Å². The van der Waals surface area contributed by atoms with Crippen molar-refractivity contribution in [2.45, 2.75) is 6.18 Å². The second kappa shape index (κ2) is 4.06. The zero-order valence-electron chi connectivity index (χ0n) is 7.02. The summed E-state index contributed by atoms with van der Waals surface area (Å²) in [6, 6.07) is 1.65. The lowest BCUT2D eigenvalue weighted by Crippen LogP contribution is -2.07. The van der Waals surface area contributed by atoms with Crippen LogP contribution in [-0.2, 0) is 6.18 Å².